The predicted molar refractivity (Wildman–Crippen MR) is 54.5 cm³/mol. The Hall–Kier alpha value is 0.679. The fourth-order valence-corrected chi connectivity index (χ4v) is 4.57. The molecule has 0 rings (SSSR count). The quantitative estimate of drug-likeness (QED) is 0.611. The molecule has 13 heavy (non-hydrogen) atoms. The van der Waals surface area contributed by atoms with E-state index in [1.807, 2.05) is 0 Å². The standard InChI is InChI=1S/3C3H7O.Sn/c3*1-2-3-4;/h3*2-3H2,1H3;/q3*-1;+3. The van der Waals surface area contributed by atoms with Crippen molar-refractivity contribution in [2.24, 2.45) is 0 Å². The van der Waals surface area contributed by atoms with E-state index < -0.39 is 21.0 Å². The zero-order valence-corrected chi connectivity index (χ0v) is 11.8. The molecule has 0 fully saturated rings. The third-order valence-electron chi connectivity index (χ3n) is 1.27. The summed E-state index contributed by atoms with van der Waals surface area (Å²) in [6.45, 7) is 8.63. The van der Waals surface area contributed by atoms with E-state index in [2.05, 4.69) is 20.8 Å². The molecule has 0 unspecified atom stereocenters. The molecule has 0 aromatic rings. The Kier molecular flexibility index (Phi) is 11.3. The Morgan fingerprint density at radius 1 is 0.692 bits per heavy atom. The van der Waals surface area contributed by atoms with Crippen molar-refractivity contribution in [1.29, 1.82) is 0 Å². The van der Waals surface area contributed by atoms with E-state index in [0.29, 0.717) is 0 Å². The summed E-state index contributed by atoms with van der Waals surface area (Å²) in [5.41, 5.74) is 0. The molecule has 0 N–H and O–H groups in total. The maximum atomic E-state index is 5.55. The topological polar surface area (TPSA) is 27.7 Å². The first-order valence-corrected chi connectivity index (χ1v) is 8.60. The van der Waals surface area contributed by atoms with Gasteiger partial charge in [0.25, 0.3) is 0 Å². The molecular weight excluding hydrogens is 275 g/mol. The zero-order chi connectivity index (χ0) is 9.94. The van der Waals surface area contributed by atoms with Crippen molar-refractivity contribution in [3.8, 4) is 0 Å². The summed E-state index contributed by atoms with van der Waals surface area (Å²) < 4.78 is 16.6. The fourth-order valence-electron chi connectivity index (χ4n) is 0.681. The van der Waals surface area contributed by atoms with Crippen molar-refractivity contribution in [3.05, 3.63) is 0 Å². The van der Waals surface area contributed by atoms with Gasteiger partial charge in [-0.3, -0.25) is 0 Å². The SMILES string of the molecule is CCC[O][Sn]([O]CCC)[O]CCC. The van der Waals surface area contributed by atoms with Gasteiger partial charge < -0.3 is 0 Å². The second-order valence-corrected chi connectivity index (χ2v) is 6.69. The van der Waals surface area contributed by atoms with Gasteiger partial charge >= 0.3 is 90.1 Å². The van der Waals surface area contributed by atoms with Crippen LogP contribution in [-0.4, -0.2) is 40.8 Å². The molecule has 0 spiro atoms. The van der Waals surface area contributed by atoms with Crippen LogP contribution in [0.25, 0.3) is 0 Å². The molecule has 0 bridgehead atoms. The first-order chi connectivity index (χ1) is 6.35. The van der Waals surface area contributed by atoms with E-state index in [9.17, 15) is 0 Å². The van der Waals surface area contributed by atoms with Crippen LogP contribution in [-0.2, 0) is 9.22 Å². The summed E-state index contributed by atoms with van der Waals surface area (Å²) in [5, 5.41) is 0. The van der Waals surface area contributed by atoms with Gasteiger partial charge in [0.2, 0.25) is 0 Å². The van der Waals surface area contributed by atoms with Gasteiger partial charge in [0.05, 0.1) is 0 Å². The van der Waals surface area contributed by atoms with Crippen LogP contribution >= 0.6 is 0 Å². The van der Waals surface area contributed by atoms with Gasteiger partial charge in [0.15, 0.2) is 0 Å². The molecule has 0 amide bonds. The van der Waals surface area contributed by atoms with Gasteiger partial charge in [-0.25, -0.2) is 0 Å². The van der Waals surface area contributed by atoms with Gasteiger partial charge in [0, 0.05) is 0 Å². The van der Waals surface area contributed by atoms with Crippen LogP contribution in [0.15, 0.2) is 0 Å². The van der Waals surface area contributed by atoms with Gasteiger partial charge in [-0.15, -0.1) is 0 Å². The summed E-state index contributed by atoms with van der Waals surface area (Å²) in [6, 6.07) is 0. The van der Waals surface area contributed by atoms with E-state index in [0.717, 1.165) is 39.1 Å². The summed E-state index contributed by atoms with van der Waals surface area (Å²) in [5.74, 6) is 0. The van der Waals surface area contributed by atoms with Crippen LogP contribution in [0.3, 0.4) is 0 Å². The van der Waals surface area contributed by atoms with Gasteiger partial charge in [0.1, 0.15) is 0 Å². The maximum absolute atomic E-state index is 5.55. The van der Waals surface area contributed by atoms with Crippen LogP contribution in [0.2, 0.25) is 0 Å². The normalized spacial score (nSPS) is 11.1. The Morgan fingerprint density at radius 3 is 1.23 bits per heavy atom. The molecular formula is C9H21O3Sn. The average molecular weight is 296 g/mol. The van der Waals surface area contributed by atoms with Gasteiger partial charge in [-0.05, 0) is 0 Å². The van der Waals surface area contributed by atoms with Gasteiger partial charge in [-0.2, -0.15) is 0 Å². The fraction of sp³-hybridized carbons (Fsp3) is 1.00. The van der Waals surface area contributed by atoms with Crippen LogP contribution in [0.5, 0.6) is 0 Å². The third-order valence-corrected chi connectivity index (χ3v) is 5.04. The summed E-state index contributed by atoms with van der Waals surface area (Å²) in [7, 11) is 0. The Labute approximate surface area is 90.1 Å². The molecule has 0 aromatic heterocycles. The first kappa shape index (κ1) is 13.7. The molecule has 0 aliphatic heterocycles. The van der Waals surface area contributed by atoms with E-state index in [1.54, 1.807) is 0 Å². The van der Waals surface area contributed by atoms with E-state index in [4.69, 9.17) is 9.22 Å². The predicted octanol–water partition coefficient (Wildman–Crippen LogP) is 2.25. The first-order valence-electron chi connectivity index (χ1n) is 5.10. The van der Waals surface area contributed by atoms with E-state index >= 15 is 0 Å². The molecule has 0 aromatic carbocycles. The molecule has 1 radical (unpaired) electrons. The van der Waals surface area contributed by atoms with Crippen molar-refractivity contribution in [3.63, 3.8) is 0 Å². The Morgan fingerprint density at radius 2 is 1.00 bits per heavy atom. The van der Waals surface area contributed by atoms with Crippen molar-refractivity contribution in [2.75, 3.05) is 19.8 Å². The van der Waals surface area contributed by atoms with Gasteiger partial charge in [-0.1, -0.05) is 0 Å². The molecule has 0 atom stereocenters. The molecule has 0 saturated carbocycles. The monoisotopic (exact) mass is 297 g/mol. The zero-order valence-electron chi connectivity index (χ0n) is 8.97. The summed E-state index contributed by atoms with van der Waals surface area (Å²) >= 11 is -2.34. The molecule has 0 heterocycles. The minimum atomic E-state index is -2.34. The van der Waals surface area contributed by atoms with Crippen molar-refractivity contribution in [1.82, 2.24) is 0 Å². The second kappa shape index (κ2) is 10.8. The average Bonchev–Trinajstić information content (AvgIpc) is 2.17. The summed E-state index contributed by atoms with van der Waals surface area (Å²) in [6.07, 6.45) is 3.11. The Bertz CT molecular complexity index is 81.8. The molecule has 0 saturated heterocycles. The molecule has 0 aliphatic carbocycles. The molecule has 3 nitrogen and oxygen atoms in total. The minimum absolute atomic E-state index is 0.780. The van der Waals surface area contributed by atoms with Crippen LogP contribution in [0.4, 0.5) is 0 Å². The number of rotatable bonds is 9. The van der Waals surface area contributed by atoms with Crippen molar-refractivity contribution >= 4 is 21.0 Å². The molecule has 4 heteroatoms. The van der Waals surface area contributed by atoms with E-state index in [-0.39, 0.29) is 0 Å². The Balaban J connectivity index is 3.47. The van der Waals surface area contributed by atoms with Crippen LogP contribution in [0, 0.1) is 0 Å². The van der Waals surface area contributed by atoms with Crippen LogP contribution in [0.1, 0.15) is 40.0 Å². The molecule has 0 aliphatic rings. The summed E-state index contributed by atoms with van der Waals surface area (Å²) in [4.78, 5) is 0. The molecule has 79 valence electrons. The van der Waals surface area contributed by atoms with Crippen molar-refractivity contribution < 1.29 is 9.22 Å². The van der Waals surface area contributed by atoms with Crippen molar-refractivity contribution in [2.45, 2.75) is 40.0 Å². The number of hydrogen-bond donors (Lipinski definition) is 0. The van der Waals surface area contributed by atoms with E-state index in [1.165, 1.54) is 0 Å². The third kappa shape index (κ3) is 8.99. The second-order valence-electron chi connectivity index (χ2n) is 2.80. The number of hydrogen-bond acceptors (Lipinski definition) is 3. The van der Waals surface area contributed by atoms with Crippen LogP contribution < -0.4 is 0 Å².